The first-order valence-electron chi connectivity index (χ1n) is 19.2. The van der Waals surface area contributed by atoms with Crippen molar-refractivity contribution >= 4 is 86.3 Å². The van der Waals surface area contributed by atoms with E-state index in [0.717, 1.165) is 44.7 Å². The van der Waals surface area contributed by atoms with E-state index in [1.54, 1.807) is 0 Å². The van der Waals surface area contributed by atoms with E-state index in [-0.39, 0.29) is 0 Å². The molecule has 0 saturated heterocycles. The summed E-state index contributed by atoms with van der Waals surface area (Å²) in [5.41, 5.74) is 6.92. The normalized spacial score (nSPS) is 11.9. The second-order valence-electron chi connectivity index (χ2n) is 14.9. The lowest BCUT2D eigenvalue weighted by molar-refractivity contribution is 1.31. The smallest absolute Gasteiger partial charge is 0.0716 e. The van der Waals surface area contributed by atoms with Gasteiger partial charge in [-0.2, -0.15) is 0 Å². The van der Waals surface area contributed by atoms with Gasteiger partial charge in [-0.25, -0.2) is 9.97 Å². The van der Waals surface area contributed by atoms with E-state index >= 15 is 0 Å². The number of nitrogens with zero attached hydrogens (tertiary/aromatic N) is 2. The maximum absolute atomic E-state index is 5.47. The Labute approximate surface area is 322 Å². The Balaban J connectivity index is 1.11. The Morgan fingerprint density at radius 2 is 0.607 bits per heavy atom. The molecule has 12 aromatic rings. The zero-order chi connectivity index (χ0) is 36.7. The summed E-state index contributed by atoms with van der Waals surface area (Å²) in [6.45, 7) is 0. The Kier molecular flexibility index (Phi) is 6.66. The maximum Gasteiger partial charge on any atom is 0.0716 e. The summed E-state index contributed by atoms with van der Waals surface area (Å²) in [5, 5.41) is 18.6. The molecule has 0 unspecified atom stereocenters. The van der Waals surface area contributed by atoms with Crippen LogP contribution >= 0.6 is 0 Å². The van der Waals surface area contributed by atoms with E-state index in [1.807, 2.05) is 0 Å². The SMILES string of the molecule is c1ccc2cc3nc(-c4cc(-c5ccc6c7ccccc7c7ccccc7c6c5)nc(-c5ccc6c7ccccc7c7ccccc7c6c5)c4)ccc3cc2c1. The van der Waals surface area contributed by atoms with Gasteiger partial charge in [0.15, 0.2) is 0 Å². The summed E-state index contributed by atoms with van der Waals surface area (Å²) in [5.74, 6) is 0. The van der Waals surface area contributed by atoms with E-state index in [2.05, 4.69) is 194 Å². The summed E-state index contributed by atoms with van der Waals surface area (Å²) in [4.78, 5) is 10.8. The third-order valence-electron chi connectivity index (χ3n) is 11.8. The molecule has 56 heavy (non-hydrogen) atoms. The fourth-order valence-corrected chi connectivity index (χ4v) is 9.08. The number of benzene rings is 10. The molecule has 0 spiro atoms. The first-order chi connectivity index (χ1) is 27.7. The van der Waals surface area contributed by atoms with Crippen LogP contribution in [0.1, 0.15) is 0 Å². The summed E-state index contributed by atoms with van der Waals surface area (Å²) >= 11 is 0. The summed E-state index contributed by atoms with van der Waals surface area (Å²) < 4.78 is 0. The molecule has 0 atom stereocenters. The van der Waals surface area contributed by atoms with Crippen molar-refractivity contribution in [3.8, 4) is 33.8 Å². The van der Waals surface area contributed by atoms with Crippen molar-refractivity contribution in [3.63, 3.8) is 0 Å². The van der Waals surface area contributed by atoms with Crippen LogP contribution in [-0.2, 0) is 0 Å². The van der Waals surface area contributed by atoms with Gasteiger partial charge in [-0.3, -0.25) is 0 Å². The van der Waals surface area contributed by atoms with Gasteiger partial charge in [-0.15, -0.1) is 0 Å². The molecule has 0 aliphatic carbocycles. The van der Waals surface area contributed by atoms with Crippen LogP contribution in [0.25, 0.3) is 120 Å². The summed E-state index contributed by atoms with van der Waals surface area (Å²) in [6.07, 6.45) is 0. The number of fused-ring (bicyclic) bond motifs is 14. The molecule has 0 aliphatic rings. The Hall–Kier alpha value is -7.42. The van der Waals surface area contributed by atoms with Crippen LogP contribution in [-0.4, -0.2) is 9.97 Å². The standard InChI is InChI=1S/C54H32N2/c1-2-12-34-30-52-35(27-33(34)11-1)23-26-51(55-52)38-31-53(36-21-24-47-43-17-5-3-13-39(43)41-15-7-9-19-45(41)49(47)28-36)56-54(32-38)37-22-25-48-44-18-6-4-14-40(44)42-16-8-10-20-46(42)50(48)29-37/h1-32H. The molecule has 0 fully saturated rings. The lowest BCUT2D eigenvalue weighted by Crippen LogP contribution is -1.94. The van der Waals surface area contributed by atoms with Crippen LogP contribution in [0.5, 0.6) is 0 Å². The second kappa shape index (κ2) is 12.0. The van der Waals surface area contributed by atoms with Crippen LogP contribution in [0, 0.1) is 0 Å². The predicted molar refractivity (Wildman–Crippen MR) is 238 cm³/mol. The molecule has 0 radical (unpaired) electrons. The van der Waals surface area contributed by atoms with E-state index in [9.17, 15) is 0 Å². The minimum Gasteiger partial charge on any atom is -0.248 e. The molecule has 0 saturated carbocycles. The minimum atomic E-state index is 0.917. The van der Waals surface area contributed by atoms with Crippen molar-refractivity contribution in [2.24, 2.45) is 0 Å². The highest BCUT2D eigenvalue weighted by Gasteiger charge is 2.16. The van der Waals surface area contributed by atoms with Crippen LogP contribution in [0.4, 0.5) is 0 Å². The van der Waals surface area contributed by atoms with E-state index in [4.69, 9.17) is 9.97 Å². The lowest BCUT2D eigenvalue weighted by Gasteiger charge is -2.15. The van der Waals surface area contributed by atoms with E-state index < -0.39 is 0 Å². The van der Waals surface area contributed by atoms with Crippen molar-refractivity contribution < 1.29 is 0 Å². The molecular formula is C54H32N2. The number of hydrogen-bond acceptors (Lipinski definition) is 2. The van der Waals surface area contributed by atoms with E-state index in [0.29, 0.717) is 0 Å². The van der Waals surface area contributed by atoms with Gasteiger partial charge in [0.2, 0.25) is 0 Å². The Morgan fingerprint density at radius 1 is 0.214 bits per heavy atom. The van der Waals surface area contributed by atoms with Gasteiger partial charge in [0, 0.05) is 22.1 Å². The fraction of sp³-hybridized carbons (Fsp3) is 0. The second-order valence-corrected chi connectivity index (χ2v) is 14.9. The lowest BCUT2D eigenvalue weighted by atomic mass is 9.92. The predicted octanol–water partition coefficient (Wildman–Crippen LogP) is 14.7. The topological polar surface area (TPSA) is 25.8 Å². The molecular weight excluding hydrogens is 677 g/mol. The number of hydrogen-bond donors (Lipinski definition) is 0. The zero-order valence-corrected chi connectivity index (χ0v) is 30.4. The average Bonchev–Trinajstić information content (AvgIpc) is 3.28. The van der Waals surface area contributed by atoms with Gasteiger partial charge in [0.05, 0.1) is 22.6 Å². The summed E-state index contributed by atoms with van der Waals surface area (Å²) in [6, 6.07) is 70.4. The van der Waals surface area contributed by atoms with Crippen LogP contribution in [0.2, 0.25) is 0 Å². The average molecular weight is 709 g/mol. The molecule has 2 heteroatoms. The monoisotopic (exact) mass is 708 g/mol. The highest BCUT2D eigenvalue weighted by atomic mass is 14.7. The van der Waals surface area contributed by atoms with Gasteiger partial charge in [0.1, 0.15) is 0 Å². The van der Waals surface area contributed by atoms with E-state index in [1.165, 1.54) is 75.4 Å². The van der Waals surface area contributed by atoms with Crippen molar-refractivity contribution in [1.29, 1.82) is 0 Å². The fourth-order valence-electron chi connectivity index (χ4n) is 9.08. The summed E-state index contributed by atoms with van der Waals surface area (Å²) in [7, 11) is 0. The molecule has 2 nitrogen and oxygen atoms in total. The molecule has 258 valence electrons. The van der Waals surface area contributed by atoms with Crippen molar-refractivity contribution in [3.05, 3.63) is 194 Å². The minimum absolute atomic E-state index is 0.917. The van der Waals surface area contributed by atoms with Crippen molar-refractivity contribution in [2.45, 2.75) is 0 Å². The number of rotatable bonds is 3. The van der Waals surface area contributed by atoms with Crippen LogP contribution < -0.4 is 0 Å². The molecule has 12 rings (SSSR count). The van der Waals surface area contributed by atoms with Gasteiger partial charge in [-0.05, 0) is 118 Å². The van der Waals surface area contributed by atoms with Gasteiger partial charge < -0.3 is 0 Å². The number of pyridine rings is 2. The van der Waals surface area contributed by atoms with Gasteiger partial charge in [-0.1, -0.05) is 152 Å². The van der Waals surface area contributed by atoms with Crippen LogP contribution in [0.3, 0.4) is 0 Å². The first kappa shape index (κ1) is 31.0. The highest BCUT2D eigenvalue weighted by molar-refractivity contribution is 6.27. The third kappa shape index (κ3) is 4.76. The molecule has 0 N–H and O–H groups in total. The van der Waals surface area contributed by atoms with Crippen molar-refractivity contribution in [2.75, 3.05) is 0 Å². The molecule has 0 bridgehead atoms. The zero-order valence-electron chi connectivity index (χ0n) is 30.4. The van der Waals surface area contributed by atoms with Crippen molar-refractivity contribution in [1.82, 2.24) is 9.97 Å². The number of aromatic nitrogens is 2. The Bertz CT molecular complexity index is 3350. The quantitative estimate of drug-likeness (QED) is 0.135. The third-order valence-corrected chi connectivity index (χ3v) is 11.8. The largest absolute Gasteiger partial charge is 0.248 e. The van der Waals surface area contributed by atoms with Crippen LogP contribution in [0.15, 0.2) is 194 Å². The molecule has 2 aromatic heterocycles. The molecule has 2 heterocycles. The van der Waals surface area contributed by atoms with Gasteiger partial charge in [0.25, 0.3) is 0 Å². The molecule has 0 amide bonds. The highest BCUT2D eigenvalue weighted by Crippen LogP contribution is 2.40. The van der Waals surface area contributed by atoms with Gasteiger partial charge >= 0.3 is 0 Å². The maximum atomic E-state index is 5.47. The first-order valence-corrected chi connectivity index (χ1v) is 19.2. The Morgan fingerprint density at radius 3 is 1.07 bits per heavy atom. The molecule has 10 aromatic carbocycles. The molecule has 0 aliphatic heterocycles.